The van der Waals surface area contributed by atoms with Crippen molar-refractivity contribution in [1.29, 1.82) is 0 Å². The van der Waals surface area contributed by atoms with E-state index in [0.29, 0.717) is 17.0 Å². The number of hydrogen-bond acceptors (Lipinski definition) is 9. The predicted octanol–water partition coefficient (Wildman–Crippen LogP) is 3.81. The van der Waals surface area contributed by atoms with Crippen molar-refractivity contribution in [3.8, 4) is 5.75 Å². The number of hydrogen-bond donors (Lipinski definition) is 1. The summed E-state index contributed by atoms with van der Waals surface area (Å²) in [5.41, 5.74) is 2.72. The van der Waals surface area contributed by atoms with E-state index in [9.17, 15) is 26.4 Å². The molecule has 0 bridgehead atoms. The van der Waals surface area contributed by atoms with Gasteiger partial charge in [-0.05, 0) is 40.8 Å². The second-order valence-corrected chi connectivity index (χ2v) is 13.1. The molecule has 15 heteroatoms. The number of aromatic nitrogens is 4. The van der Waals surface area contributed by atoms with Gasteiger partial charge >= 0.3 is 6.36 Å². The van der Waals surface area contributed by atoms with Gasteiger partial charge in [-0.15, -0.1) is 13.2 Å². The summed E-state index contributed by atoms with van der Waals surface area (Å²) in [7, 11) is -4.31. The van der Waals surface area contributed by atoms with E-state index in [1.165, 1.54) is 18.7 Å². The standard InChI is InChI=1S/C29H30F3N7O4S/c1-28(2,3)20-6-4-19(5-7-20)14-35-27(40)24-17-38(25-16-34-23-15-33-18-36-26(23)37-25)12-13-39(24)44(41,42)22-10-8-21(9-11-22)43-29(30,31)32/h4-11,15-16,18,24H,12-14,17H2,1-3H3,(H,35,40)/t24-/m1/s1. The highest BCUT2D eigenvalue weighted by atomic mass is 32.2. The van der Waals surface area contributed by atoms with Crippen LogP contribution in [0.5, 0.6) is 5.75 Å². The maximum Gasteiger partial charge on any atom is 0.573 e. The summed E-state index contributed by atoms with van der Waals surface area (Å²) < 4.78 is 70.3. The molecular weight excluding hydrogens is 599 g/mol. The SMILES string of the molecule is CC(C)(C)c1ccc(CNC(=O)[C@H]2CN(c3cnc4cncnc4n3)CCN2S(=O)(=O)c2ccc(OC(F)(F)F)cc2)cc1. The van der Waals surface area contributed by atoms with Crippen molar-refractivity contribution in [2.75, 3.05) is 24.5 Å². The first kappa shape index (κ1) is 31.1. The number of anilines is 1. The van der Waals surface area contributed by atoms with E-state index in [1.807, 2.05) is 24.3 Å². The number of ether oxygens (including phenoxy) is 1. The minimum absolute atomic E-state index is 0.0447. The highest BCUT2D eigenvalue weighted by Crippen LogP contribution is 2.28. The molecule has 0 radical (unpaired) electrons. The van der Waals surface area contributed by atoms with Crippen LogP contribution in [0.4, 0.5) is 19.0 Å². The summed E-state index contributed by atoms with van der Waals surface area (Å²) in [6, 6.07) is 10.4. The molecule has 2 aromatic heterocycles. The third kappa shape index (κ3) is 7.05. The predicted molar refractivity (Wildman–Crippen MR) is 155 cm³/mol. The molecule has 1 amide bonds. The van der Waals surface area contributed by atoms with E-state index in [1.54, 1.807) is 4.90 Å². The molecule has 5 rings (SSSR count). The van der Waals surface area contributed by atoms with E-state index in [4.69, 9.17) is 0 Å². The zero-order valence-corrected chi connectivity index (χ0v) is 24.9. The maximum atomic E-state index is 13.7. The van der Waals surface area contributed by atoms with Crippen LogP contribution in [0.25, 0.3) is 11.2 Å². The number of alkyl halides is 3. The number of fused-ring (bicyclic) bond motifs is 1. The van der Waals surface area contributed by atoms with Gasteiger partial charge in [0, 0.05) is 26.2 Å². The van der Waals surface area contributed by atoms with Crippen LogP contribution in [-0.2, 0) is 26.8 Å². The van der Waals surface area contributed by atoms with Crippen LogP contribution in [0.1, 0.15) is 31.9 Å². The first-order chi connectivity index (χ1) is 20.7. The quantitative estimate of drug-likeness (QED) is 0.324. The Balaban J connectivity index is 1.40. The number of piperazine rings is 1. The Bertz CT molecular complexity index is 1750. The third-order valence-corrected chi connectivity index (χ3v) is 9.04. The molecule has 3 heterocycles. The fourth-order valence-corrected chi connectivity index (χ4v) is 6.33. The summed E-state index contributed by atoms with van der Waals surface area (Å²) >= 11 is 0. The largest absolute Gasteiger partial charge is 0.573 e. The third-order valence-electron chi connectivity index (χ3n) is 7.12. The molecular formula is C29H30F3N7O4S. The fourth-order valence-electron chi connectivity index (χ4n) is 4.76. The summed E-state index contributed by atoms with van der Waals surface area (Å²) in [5.74, 6) is -0.713. The zero-order valence-electron chi connectivity index (χ0n) is 24.1. The smallest absolute Gasteiger partial charge is 0.406 e. The van der Waals surface area contributed by atoms with Crippen molar-refractivity contribution in [3.05, 3.63) is 78.4 Å². The van der Waals surface area contributed by atoms with Crippen molar-refractivity contribution in [2.24, 2.45) is 0 Å². The minimum Gasteiger partial charge on any atom is -0.406 e. The minimum atomic E-state index is -4.93. The summed E-state index contributed by atoms with van der Waals surface area (Å²) in [6.45, 7) is 6.44. The van der Waals surface area contributed by atoms with Gasteiger partial charge in [-0.25, -0.2) is 28.4 Å². The second kappa shape index (κ2) is 12.0. The number of amides is 1. The molecule has 1 fully saturated rings. The molecule has 1 saturated heterocycles. The number of benzene rings is 2. The molecule has 1 aliphatic rings. The van der Waals surface area contributed by atoms with E-state index < -0.39 is 34.1 Å². The van der Waals surface area contributed by atoms with Crippen LogP contribution in [-0.4, -0.2) is 70.6 Å². The average molecular weight is 630 g/mol. The Kier molecular flexibility index (Phi) is 8.44. The van der Waals surface area contributed by atoms with E-state index in [2.05, 4.69) is 50.8 Å². The fraction of sp³-hybridized carbons (Fsp3) is 0.345. The zero-order chi connectivity index (χ0) is 31.7. The van der Waals surface area contributed by atoms with Crippen molar-refractivity contribution in [1.82, 2.24) is 29.6 Å². The molecule has 1 atom stereocenters. The summed E-state index contributed by atoms with van der Waals surface area (Å²) in [5, 5.41) is 2.84. The van der Waals surface area contributed by atoms with Crippen LogP contribution >= 0.6 is 0 Å². The van der Waals surface area contributed by atoms with Crippen molar-refractivity contribution < 1.29 is 31.1 Å². The van der Waals surface area contributed by atoms with Crippen LogP contribution in [0.15, 0.2) is 72.1 Å². The number of nitrogens with zero attached hydrogens (tertiary/aromatic N) is 6. The monoisotopic (exact) mass is 629 g/mol. The van der Waals surface area contributed by atoms with Gasteiger partial charge in [0.05, 0.1) is 17.3 Å². The number of sulfonamides is 1. The number of nitrogens with one attached hydrogen (secondary N) is 1. The molecule has 1 N–H and O–H groups in total. The topological polar surface area (TPSA) is 131 Å². The van der Waals surface area contributed by atoms with Gasteiger partial charge in [-0.2, -0.15) is 4.31 Å². The molecule has 2 aromatic carbocycles. The number of carbonyl (C=O) groups excluding carboxylic acids is 1. The molecule has 0 saturated carbocycles. The molecule has 0 spiro atoms. The Morgan fingerprint density at radius 1 is 1.00 bits per heavy atom. The van der Waals surface area contributed by atoms with Crippen LogP contribution in [0, 0.1) is 0 Å². The second-order valence-electron chi connectivity index (χ2n) is 11.2. The average Bonchev–Trinajstić information content (AvgIpc) is 2.98. The maximum absolute atomic E-state index is 13.7. The highest BCUT2D eigenvalue weighted by molar-refractivity contribution is 7.89. The van der Waals surface area contributed by atoms with Gasteiger partial charge in [-0.1, -0.05) is 45.0 Å². The van der Waals surface area contributed by atoms with E-state index in [-0.39, 0.29) is 36.5 Å². The molecule has 4 aromatic rings. The lowest BCUT2D eigenvalue weighted by Crippen LogP contribution is -2.60. The van der Waals surface area contributed by atoms with Crippen LogP contribution in [0.3, 0.4) is 0 Å². The van der Waals surface area contributed by atoms with Gasteiger partial charge < -0.3 is 15.0 Å². The van der Waals surface area contributed by atoms with Gasteiger partial charge in [0.15, 0.2) is 5.65 Å². The first-order valence-corrected chi connectivity index (χ1v) is 15.1. The number of carbonyl (C=O) groups is 1. The summed E-state index contributed by atoms with van der Waals surface area (Å²) in [4.78, 5) is 32.0. The lowest BCUT2D eigenvalue weighted by atomic mass is 9.87. The Morgan fingerprint density at radius 2 is 1.70 bits per heavy atom. The van der Waals surface area contributed by atoms with Gasteiger partial charge in [0.2, 0.25) is 15.9 Å². The molecule has 232 valence electrons. The molecule has 0 unspecified atom stereocenters. The Morgan fingerprint density at radius 3 is 2.36 bits per heavy atom. The lowest BCUT2D eigenvalue weighted by molar-refractivity contribution is -0.274. The van der Waals surface area contributed by atoms with E-state index >= 15 is 0 Å². The molecule has 11 nitrogen and oxygen atoms in total. The van der Waals surface area contributed by atoms with Crippen LogP contribution in [0.2, 0.25) is 0 Å². The highest BCUT2D eigenvalue weighted by Gasteiger charge is 2.41. The van der Waals surface area contributed by atoms with E-state index in [0.717, 1.165) is 39.7 Å². The van der Waals surface area contributed by atoms with Crippen molar-refractivity contribution >= 4 is 32.9 Å². The first-order valence-electron chi connectivity index (χ1n) is 13.6. The van der Waals surface area contributed by atoms with Crippen molar-refractivity contribution in [3.63, 3.8) is 0 Å². The van der Waals surface area contributed by atoms with Gasteiger partial charge in [0.1, 0.15) is 29.5 Å². The van der Waals surface area contributed by atoms with Gasteiger partial charge in [-0.3, -0.25) is 4.79 Å². The Hall–Kier alpha value is -4.37. The molecule has 44 heavy (non-hydrogen) atoms. The van der Waals surface area contributed by atoms with Crippen LogP contribution < -0.4 is 15.0 Å². The van der Waals surface area contributed by atoms with Crippen molar-refractivity contribution in [2.45, 2.75) is 50.0 Å². The number of halogens is 3. The van der Waals surface area contributed by atoms with Gasteiger partial charge in [0.25, 0.3) is 0 Å². The molecule has 1 aliphatic heterocycles. The Labute approximate surface area is 252 Å². The number of rotatable bonds is 7. The normalized spacial score (nSPS) is 16.6. The lowest BCUT2D eigenvalue weighted by Gasteiger charge is -2.40. The summed E-state index contributed by atoms with van der Waals surface area (Å²) in [6.07, 6.45) is -0.578. The molecule has 0 aliphatic carbocycles.